The van der Waals surface area contributed by atoms with Crippen molar-refractivity contribution in [3.8, 4) is 0 Å². The normalized spacial score (nSPS) is 28.8. The van der Waals surface area contributed by atoms with Crippen LogP contribution in [0.25, 0.3) is 0 Å². The van der Waals surface area contributed by atoms with E-state index in [4.69, 9.17) is 7.85 Å². The molecule has 0 aromatic heterocycles. The Morgan fingerprint density at radius 1 is 1.12 bits per heavy atom. The quantitative estimate of drug-likeness (QED) is 0.540. The maximum atomic E-state index is 12.0. The molecular formula is C14H24BNO. The highest BCUT2D eigenvalue weighted by atomic mass is 16.2. The molecule has 0 aromatic rings. The van der Waals surface area contributed by atoms with Crippen molar-refractivity contribution in [1.82, 2.24) is 4.90 Å². The van der Waals surface area contributed by atoms with Gasteiger partial charge in [-0.2, -0.15) is 0 Å². The third kappa shape index (κ3) is 3.50. The summed E-state index contributed by atoms with van der Waals surface area (Å²) >= 11 is 0. The Kier molecular flexibility index (Phi) is 4.93. The first-order valence-corrected chi connectivity index (χ1v) is 7.29. The number of carbonyl (C=O) groups excluding carboxylic acids is 1. The van der Waals surface area contributed by atoms with Crippen LogP contribution < -0.4 is 0 Å². The Bertz CT molecular complexity index is 257. The maximum Gasteiger partial charge on any atom is 0.222 e. The molecule has 2 fully saturated rings. The number of likely N-dealkylation sites (tertiary alicyclic amines) is 1. The van der Waals surface area contributed by atoms with Crippen molar-refractivity contribution >= 4 is 13.8 Å². The highest BCUT2D eigenvalue weighted by Crippen LogP contribution is 2.36. The second-order valence-electron chi connectivity index (χ2n) is 5.68. The summed E-state index contributed by atoms with van der Waals surface area (Å²) in [5, 5.41) is 0. The Morgan fingerprint density at radius 3 is 2.65 bits per heavy atom. The molecule has 2 rings (SSSR count). The van der Waals surface area contributed by atoms with Gasteiger partial charge in [0.2, 0.25) is 5.91 Å². The molecule has 1 amide bonds. The van der Waals surface area contributed by atoms with Gasteiger partial charge in [0.1, 0.15) is 0 Å². The second-order valence-corrected chi connectivity index (χ2v) is 5.68. The Labute approximate surface area is 107 Å². The van der Waals surface area contributed by atoms with E-state index in [0.717, 1.165) is 37.8 Å². The van der Waals surface area contributed by atoms with Gasteiger partial charge in [-0.05, 0) is 31.1 Å². The van der Waals surface area contributed by atoms with Crippen LogP contribution in [0.3, 0.4) is 0 Å². The van der Waals surface area contributed by atoms with Gasteiger partial charge in [-0.25, -0.2) is 0 Å². The molecule has 17 heavy (non-hydrogen) atoms. The van der Waals surface area contributed by atoms with Crippen LogP contribution in [-0.2, 0) is 4.79 Å². The van der Waals surface area contributed by atoms with Crippen molar-refractivity contribution in [2.24, 2.45) is 11.8 Å². The summed E-state index contributed by atoms with van der Waals surface area (Å²) in [7, 11) is 5.46. The summed E-state index contributed by atoms with van der Waals surface area (Å²) in [6.45, 7) is 2.04. The summed E-state index contributed by atoms with van der Waals surface area (Å²) in [4.78, 5) is 14.1. The van der Waals surface area contributed by atoms with Gasteiger partial charge in [0.25, 0.3) is 0 Å². The van der Waals surface area contributed by atoms with Crippen LogP contribution in [0, 0.1) is 11.8 Å². The van der Waals surface area contributed by atoms with Crippen LogP contribution in [0.2, 0.25) is 6.32 Å². The number of unbranched alkanes of at least 4 members (excludes halogenated alkanes) is 1. The van der Waals surface area contributed by atoms with Crippen molar-refractivity contribution in [2.45, 2.75) is 57.7 Å². The average Bonchev–Trinajstić information content (AvgIpc) is 2.38. The van der Waals surface area contributed by atoms with Crippen LogP contribution in [0.5, 0.6) is 0 Å². The van der Waals surface area contributed by atoms with Crippen molar-refractivity contribution in [3.05, 3.63) is 0 Å². The minimum absolute atomic E-state index is 0.363. The molecule has 1 saturated carbocycles. The summed E-state index contributed by atoms with van der Waals surface area (Å²) in [5.41, 5.74) is 0. The van der Waals surface area contributed by atoms with E-state index in [-0.39, 0.29) is 0 Å². The summed E-state index contributed by atoms with van der Waals surface area (Å²) in [6.07, 6.45) is 10.1. The fourth-order valence-electron chi connectivity index (χ4n) is 3.41. The molecule has 0 spiro atoms. The van der Waals surface area contributed by atoms with Crippen molar-refractivity contribution in [2.75, 3.05) is 13.1 Å². The number of hydrogen-bond donors (Lipinski definition) is 0. The van der Waals surface area contributed by atoms with Gasteiger partial charge in [0, 0.05) is 19.5 Å². The molecule has 2 radical (unpaired) electrons. The number of nitrogens with zero attached hydrogens (tertiary/aromatic N) is 1. The lowest BCUT2D eigenvalue weighted by Gasteiger charge is -2.41. The molecule has 0 N–H and O–H groups in total. The topological polar surface area (TPSA) is 20.3 Å². The third-order valence-corrected chi connectivity index (χ3v) is 4.49. The zero-order valence-corrected chi connectivity index (χ0v) is 10.9. The van der Waals surface area contributed by atoms with E-state index in [9.17, 15) is 4.79 Å². The molecule has 94 valence electrons. The van der Waals surface area contributed by atoms with Crippen LogP contribution in [0.15, 0.2) is 0 Å². The lowest BCUT2D eigenvalue weighted by atomic mass is 9.75. The molecule has 1 heterocycles. The molecule has 2 atom stereocenters. The van der Waals surface area contributed by atoms with Crippen LogP contribution in [0.4, 0.5) is 0 Å². The molecule has 0 bridgehead atoms. The van der Waals surface area contributed by atoms with E-state index in [1.54, 1.807) is 0 Å². The van der Waals surface area contributed by atoms with Gasteiger partial charge in [-0.1, -0.05) is 32.0 Å². The van der Waals surface area contributed by atoms with E-state index < -0.39 is 0 Å². The Balaban J connectivity index is 1.76. The van der Waals surface area contributed by atoms with Crippen molar-refractivity contribution in [3.63, 3.8) is 0 Å². The fourth-order valence-corrected chi connectivity index (χ4v) is 3.41. The third-order valence-electron chi connectivity index (χ3n) is 4.49. The molecule has 0 aromatic carbocycles. The lowest BCUT2D eigenvalue weighted by molar-refractivity contribution is -0.134. The molecule has 2 aliphatic rings. The van der Waals surface area contributed by atoms with E-state index in [1.165, 1.54) is 32.1 Å². The first-order valence-electron chi connectivity index (χ1n) is 7.29. The summed E-state index contributed by atoms with van der Waals surface area (Å²) < 4.78 is 0. The van der Waals surface area contributed by atoms with Gasteiger partial charge in [-0.3, -0.25) is 4.79 Å². The largest absolute Gasteiger partial charge is 0.342 e. The van der Waals surface area contributed by atoms with Gasteiger partial charge in [0.05, 0.1) is 7.85 Å². The zero-order chi connectivity index (χ0) is 12.1. The molecule has 2 nitrogen and oxygen atoms in total. The molecule has 2 unspecified atom stereocenters. The van der Waals surface area contributed by atoms with E-state index in [0.29, 0.717) is 18.6 Å². The van der Waals surface area contributed by atoms with Gasteiger partial charge in [-0.15, -0.1) is 0 Å². The average molecular weight is 233 g/mol. The highest BCUT2D eigenvalue weighted by Gasteiger charge is 2.32. The number of rotatable bonds is 4. The van der Waals surface area contributed by atoms with Crippen molar-refractivity contribution in [1.29, 1.82) is 0 Å². The smallest absolute Gasteiger partial charge is 0.222 e. The van der Waals surface area contributed by atoms with E-state index in [1.807, 2.05) is 0 Å². The zero-order valence-electron chi connectivity index (χ0n) is 10.9. The maximum absolute atomic E-state index is 12.0. The number of piperidine rings is 1. The predicted molar refractivity (Wildman–Crippen MR) is 71.1 cm³/mol. The molecule has 1 aliphatic carbocycles. The number of amides is 1. The molecule has 1 aliphatic heterocycles. The van der Waals surface area contributed by atoms with Crippen LogP contribution in [0.1, 0.15) is 51.4 Å². The Morgan fingerprint density at radius 2 is 1.88 bits per heavy atom. The van der Waals surface area contributed by atoms with Crippen molar-refractivity contribution < 1.29 is 4.79 Å². The lowest BCUT2D eigenvalue weighted by Crippen LogP contribution is -2.44. The minimum atomic E-state index is 0.363. The standard InChI is InChI=1S/C14H24BNO/c15-9-4-3-7-14(17)16-10-8-12-5-1-2-6-13(12)11-16/h12-13H,1-11H2. The Hall–Kier alpha value is -0.465. The van der Waals surface area contributed by atoms with Gasteiger partial charge in [0.15, 0.2) is 0 Å². The summed E-state index contributed by atoms with van der Waals surface area (Å²) in [6, 6.07) is 0. The second kappa shape index (κ2) is 6.46. The first kappa shape index (κ1) is 13.0. The molecular weight excluding hydrogens is 209 g/mol. The van der Waals surface area contributed by atoms with Gasteiger partial charge < -0.3 is 4.90 Å². The van der Waals surface area contributed by atoms with Crippen LogP contribution >= 0.6 is 0 Å². The van der Waals surface area contributed by atoms with E-state index >= 15 is 0 Å². The molecule has 1 saturated heterocycles. The van der Waals surface area contributed by atoms with E-state index in [2.05, 4.69) is 4.90 Å². The number of hydrogen-bond acceptors (Lipinski definition) is 1. The summed E-state index contributed by atoms with van der Waals surface area (Å²) in [5.74, 6) is 2.08. The fraction of sp³-hybridized carbons (Fsp3) is 0.929. The number of fused-ring (bicyclic) bond motifs is 1. The minimum Gasteiger partial charge on any atom is -0.342 e. The van der Waals surface area contributed by atoms with Crippen LogP contribution in [-0.4, -0.2) is 31.7 Å². The SMILES string of the molecule is [B]CCCCC(=O)N1CCC2CCCCC2C1. The monoisotopic (exact) mass is 233 g/mol. The van der Waals surface area contributed by atoms with Gasteiger partial charge >= 0.3 is 0 Å². The number of carbonyl (C=O) groups is 1. The predicted octanol–water partition coefficient (Wildman–Crippen LogP) is 2.78. The molecule has 3 heteroatoms. The highest BCUT2D eigenvalue weighted by molar-refractivity contribution is 6.08. The first-order chi connectivity index (χ1) is 8.31.